The summed E-state index contributed by atoms with van der Waals surface area (Å²) < 4.78 is 12.0. The quantitative estimate of drug-likeness (QED) is 0.695. The molecular weight excluding hydrogens is 262 g/mol. The Balaban J connectivity index is 2.20. The van der Waals surface area contributed by atoms with Crippen LogP contribution in [0.25, 0.3) is 21.9 Å². The van der Waals surface area contributed by atoms with Gasteiger partial charge in [0.25, 0.3) is 0 Å². The summed E-state index contributed by atoms with van der Waals surface area (Å²) in [6.45, 7) is 6.09. The molecule has 4 rings (SSSR count). The molecule has 3 nitrogen and oxygen atoms in total. The summed E-state index contributed by atoms with van der Waals surface area (Å²) in [5.41, 5.74) is 10.7. The number of benzene rings is 1. The second-order valence-corrected chi connectivity index (χ2v) is 6.56. The van der Waals surface area contributed by atoms with Gasteiger partial charge in [-0.1, -0.05) is 12.8 Å². The first kappa shape index (κ1) is 13.0. The van der Waals surface area contributed by atoms with Gasteiger partial charge in [-0.15, -0.1) is 0 Å². The lowest BCUT2D eigenvalue weighted by Gasteiger charge is -2.25. The van der Waals surface area contributed by atoms with E-state index in [0.717, 1.165) is 57.4 Å². The maximum absolute atomic E-state index is 6.78. The van der Waals surface area contributed by atoms with Crippen LogP contribution in [0.4, 0.5) is 0 Å². The Hall–Kier alpha value is -1.74. The van der Waals surface area contributed by atoms with Crippen LogP contribution in [0, 0.1) is 20.8 Å². The summed E-state index contributed by atoms with van der Waals surface area (Å²) in [6.07, 6.45) is 4.41. The average molecular weight is 283 g/mol. The van der Waals surface area contributed by atoms with Crippen molar-refractivity contribution in [1.82, 2.24) is 0 Å². The highest BCUT2D eigenvalue weighted by atomic mass is 16.3. The monoisotopic (exact) mass is 283 g/mol. The predicted molar refractivity (Wildman–Crippen MR) is 84.5 cm³/mol. The molecule has 1 saturated carbocycles. The van der Waals surface area contributed by atoms with Gasteiger partial charge >= 0.3 is 0 Å². The van der Waals surface area contributed by atoms with Crippen molar-refractivity contribution >= 4 is 21.9 Å². The normalized spacial score (nSPS) is 18.1. The molecule has 2 heterocycles. The SMILES string of the molecule is Cc1cc2c(C3(N)CCCC3)c3oc(C)cc3c(C)c2o1. The Morgan fingerprint density at radius 2 is 1.48 bits per heavy atom. The van der Waals surface area contributed by atoms with Gasteiger partial charge in [-0.2, -0.15) is 0 Å². The number of rotatable bonds is 1. The van der Waals surface area contributed by atoms with Crippen LogP contribution in [0.5, 0.6) is 0 Å². The van der Waals surface area contributed by atoms with Gasteiger partial charge in [-0.3, -0.25) is 0 Å². The van der Waals surface area contributed by atoms with Gasteiger partial charge in [0.2, 0.25) is 0 Å². The van der Waals surface area contributed by atoms with E-state index in [9.17, 15) is 0 Å². The highest BCUT2D eigenvalue weighted by Crippen LogP contribution is 2.46. The van der Waals surface area contributed by atoms with Crippen molar-refractivity contribution < 1.29 is 8.83 Å². The lowest BCUT2D eigenvalue weighted by Crippen LogP contribution is -2.33. The van der Waals surface area contributed by atoms with E-state index in [4.69, 9.17) is 14.6 Å². The summed E-state index contributed by atoms with van der Waals surface area (Å²) in [4.78, 5) is 0. The Morgan fingerprint density at radius 1 is 0.905 bits per heavy atom. The third-order valence-corrected chi connectivity index (χ3v) is 4.95. The molecule has 110 valence electrons. The molecule has 2 N–H and O–H groups in total. The van der Waals surface area contributed by atoms with E-state index in [2.05, 4.69) is 19.1 Å². The van der Waals surface area contributed by atoms with E-state index in [-0.39, 0.29) is 5.54 Å². The topological polar surface area (TPSA) is 52.3 Å². The summed E-state index contributed by atoms with van der Waals surface area (Å²) in [5.74, 6) is 1.86. The molecule has 0 bridgehead atoms. The molecule has 0 unspecified atom stereocenters. The maximum Gasteiger partial charge on any atom is 0.140 e. The van der Waals surface area contributed by atoms with E-state index >= 15 is 0 Å². The molecule has 0 saturated heterocycles. The second kappa shape index (κ2) is 4.14. The second-order valence-electron chi connectivity index (χ2n) is 6.56. The molecule has 0 radical (unpaired) electrons. The van der Waals surface area contributed by atoms with Crippen molar-refractivity contribution in [1.29, 1.82) is 0 Å². The number of hydrogen-bond donors (Lipinski definition) is 1. The third-order valence-electron chi connectivity index (χ3n) is 4.95. The van der Waals surface area contributed by atoms with E-state index < -0.39 is 0 Å². The first-order valence-electron chi connectivity index (χ1n) is 7.72. The number of aryl methyl sites for hydroxylation is 3. The van der Waals surface area contributed by atoms with Crippen molar-refractivity contribution in [3.8, 4) is 0 Å². The number of hydrogen-bond acceptors (Lipinski definition) is 3. The van der Waals surface area contributed by atoms with E-state index in [1.807, 2.05) is 13.8 Å². The smallest absolute Gasteiger partial charge is 0.140 e. The van der Waals surface area contributed by atoms with E-state index in [1.165, 1.54) is 12.8 Å². The van der Waals surface area contributed by atoms with Gasteiger partial charge in [0.05, 0.1) is 0 Å². The predicted octanol–water partition coefficient (Wildman–Crippen LogP) is 4.83. The molecule has 1 aromatic carbocycles. The first-order valence-corrected chi connectivity index (χ1v) is 7.72. The minimum atomic E-state index is -0.287. The lowest BCUT2D eigenvalue weighted by atomic mass is 9.85. The fourth-order valence-corrected chi connectivity index (χ4v) is 3.95. The zero-order valence-corrected chi connectivity index (χ0v) is 12.9. The zero-order valence-electron chi connectivity index (χ0n) is 12.9. The van der Waals surface area contributed by atoms with Crippen LogP contribution >= 0.6 is 0 Å². The van der Waals surface area contributed by atoms with Crippen LogP contribution in [0.1, 0.15) is 48.3 Å². The summed E-state index contributed by atoms with van der Waals surface area (Å²) in [5, 5.41) is 2.28. The number of furan rings is 2. The van der Waals surface area contributed by atoms with Crippen LogP contribution in [-0.4, -0.2) is 0 Å². The van der Waals surface area contributed by atoms with Gasteiger partial charge in [0.15, 0.2) is 0 Å². The highest BCUT2D eigenvalue weighted by molar-refractivity contribution is 6.02. The lowest BCUT2D eigenvalue weighted by molar-refractivity contribution is 0.457. The fourth-order valence-electron chi connectivity index (χ4n) is 3.95. The summed E-state index contributed by atoms with van der Waals surface area (Å²) in [6, 6.07) is 4.21. The van der Waals surface area contributed by atoms with Gasteiger partial charge in [0, 0.05) is 27.4 Å². The molecule has 3 aromatic rings. The van der Waals surface area contributed by atoms with Gasteiger partial charge in [-0.05, 0) is 45.7 Å². The molecule has 0 spiro atoms. The summed E-state index contributed by atoms with van der Waals surface area (Å²) >= 11 is 0. The molecule has 1 aliphatic carbocycles. The Kier molecular flexibility index (Phi) is 2.55. The Morgan fingerprint density at radius 3 is 2.14 bits per heavy atom. The minimum absolute atomic E-state index is 0.287. The largest absolute Gasteiger partial charge is 0.461 e. The van der Waals surface area contributed by atoms with E-state index in [1.54, 1.807) is 0 Å². The van der Waals surface area contributed by atoms with Crippen LogP contribution in [0.2, 0.25) is 0 Å². The molecule has 1 aliphatic rings. The molecule has 3 heteroatoms. The van der Waals surface area contributed by atoms with Gasteiger partial charge in [-0.25, -0.2) is 0 Å². The van der Waals surface area contributed by atoms with Crippen molar-refractivity contribution in [2.24, 2.45) is 5.73 Å². The third kappa shape index (κ3) is 1.70. The average Bonchev–Trinajstić information content (AvgIpc) is 3.09. The molecule has 21 heavy (non-hydrogen) atoms. The summed E-state index contributed by atoms with van der Waals surface area (Å²) in [7, 11) is 0. The maximum atomic E-state index is 6.78. The fraction of sp³-hybridized carbons (Fsp3) is 0.444. The number of fused-ring (bicyclic) bond motifs is 2. The standard InChI is InChI=1S/C18H21NO2/c1-10-8-13-12(3)16-14(9-11(2)20-16)15(17(13)21-10)18(19)6-4-5-7-18/h8-9H,4-7,19H2,1-3H3. The van der Waals surface area contributed by atoms with Crippen molar-refractivity contribution in [3.63, 3.8) is 0 Å². The highest BCUT2D eigenvalue weighted by Gasteiger charge is 2.36. The van der Waals surface area contributed by atoms with Gasteiger partial charge < -0.3 is 14.6 Å². The van der Waals surface area contributed by atoms with Crippen molar-refractivity contribution in [3.05, 3.63) is 34.8 Å². The zero-order chi connectivity index (χ0) is 14.8. The van der Waals surface area contributed by atoms with Crippen LogP contribution in [-0.2, 0) is 5.54 Å². The molecule has 0 atom stereocenters. The van der Waals surface area contributed by atoms with Crippen LogP contribution in [0.15, 0.2) is 21.0 Å². The molecular formula is C18H21NO2. The minimum Gasteiger partial charge on any atom is -0.461 e. The van der Waals surface area contributed by atoms with Crippen molar-refractivity contribution in [2.45, 2.75) is 52.0 Å². The first-order chi connectivity index (χ1) is 9.99. The molecule has 1 fully saturated rings. The molecule has 0 amide bonds. The molecule has 2 aromatic heterocycles. The number of nitrogens with two attached hydrogens (primary N) is 1. The van der Waals surface area contributed by atoms with Crippen LogP contribution < -0.4 is 5.73 Å². The van der Waals surface area contributed by atoms with Crippen molar-refractivity contribution in [2.75, 3.05) is 0 Å². The Bertz CT molecular complexity index is 789. The van der Waals surface area contributed by atoms with Gasteiger partial charge in [0.1, 0.15) is 22.7 Å². The Labute approximate surface area is 124 Å². The van der Waals surface area contributed by atoms with Crippen LogP contribution in [0.3, 0.4) is 0 Å². The molecule has 0 aliphatic heterocycles. The van der Waals surface area contributed by atoms with E-state index in [0.29, 0.717) is 0 Å².